The van der Waals surface area contributed by atoms with Crippen LogP contribution >= 0.6 is 0 Å². The molecule has 0 bridgehead atoms. The van der Waals surface area contributed by atoms with Crippen molar-refractivity contribution >= 4 is 5.91 Å². The van der Waals surface area contributed by atoms with Gasteiger partial charge in [-0.05, 0) is 37.3 Å². The van der Waals surface area contributed by atoms with Gasteiger partial charge in [-0.25, -0.2) is 0 Å². The number of benzene rings is 2. The molecule has 1 amide bonds. The highest BCUT2D eigenvalue weighted by Crippen LogP contribution is 2.49. The first kappa shape index (κ1) is 16.2. The third-order valence-electron chi connectivity index (χ3n) is 6.09. The highest BCUT2D eigenvalue weighted by atomic mass is 16.5. The Labute approximate surface area is 149 Å². The van der Waals surface area contributed by atoms with E-state index in [1.165, 1.54) is 5.56 Å². The lowest BCUT2D eigenvalue weighted by Gasteiger charge is -2.41. The van der Waals surface area contributed by atoms with E-state index in [1.54, 1.807) is 7.11 Å². The Morgan fingerprint density at radius 2 is 1.68 bits per heavy atom. The molecule has 0 radical (unpaired) electrons. The number of carbonyl (C=O) groups excluding carboxylic acids is 1. The van der Waals surface area contributed by atoms with Crippen LogP contribution in [0.5, 0.6) is 5.75 Å². The minimum atomic E-state index is -0.417. The average molecular weight is 335 g/mol. The maximum absolute atomic E-state index is 13.2. The van der Waals surface area contributed by atoms with E-state index >= 15 is 0 Å². The van der Waals surface area contributed by atoms with Gasteiger partial charge in [-0.15, -0.1) is 0 Å². The Morgan fingerprint density at radius 3 is 2.28 bits per heavy atom. The Bertz CT molecular complexity index is 761. The van der Waals surface area contributed by atoms with Crippen LogP contribution in [0.4, 0.5) is 0 Å². The fraction of sp³-hybridized carbons (Fsp3) is 0.409. The number of nitrogens with one attached hydrogen (secondary N) is 1. The van der Waals surface area contributed by atoms with Crippen LogP contribution in [0.1, 0.15) is 43.2 Å². The average Bonchev–Trinajstić information content (AvgIpc) is 3.41. The minimum absolute atomic E-state index is 0.141. The van der Waals surface area contributed by atoms with Crippen LogP contribution in [0, 0.1) is 0 Å². The minimum Gasteiger partial charge on any atom is -0.496 e. The lowest BCUT2D eigenvalue weighted by Crippen LogP contribution is -2.50. The molecule has 25 heavy (non-hydrogen) atoms. The molecule has 2 aromatic carbocycles. The monoisotopic (exact) mass is 335 g/mol. The van der Waals surface area contributed by atoms with Crippen LogP contribution in [-0.4, -0.2) is 19.6 Å². The number of hydrogen-bond acceptors (Lipinski definition) is 2. The lowest BCUT2D eigenvalue weighted by molar-refractivity contribution is -0.130. The van der Waals surface area contributed by atoms with Crippen molar-refractivity contribution in [2.45, 2.75) is 42.9 Å². The summed E-state index contributed by atoms with van der Waals surface area (Å²) < 4.78 is 5.52. The second-order valence-electron chi connectivity index (χ2n) is 7.46. The zero-order valence-corrected chi connectivity index (χ0v) is 14.8. The summed E-state index contributed by atoms with van der Waals surface area (Å²) in [4.78, 5) is 13.2. The van der Waals surface area contributed by atoms with Crippen molar-refractivity contribution < 1.29 is 9.53 Å². The molecule has 2 aliphatic carbocycles. The summed E-state index contributed by atoms with van der Waals surface area (Å²) >= 11 is 0. The summed E-state index contributed by atoms with van der Waals surface area (Å²) in [5.41, 5.74) is 2.10. The molecule has 2 saturated carbocycles. The number of carbonyl (C=O) groups is 1. The predicted molar refractivity (Wildman–Crippen MR) is 98.9 cm³/mol. The van der Waals surface area contributed by atoms with Crippen molar-refractivity contribution in [2.24, 2.45) is 0 Å². The van der Waals surface area contributed by atoms with Gasteiger partial charge < -0.3 is 10.1 Å². The molecule has 0 spiro atoms. The van der Waals surface area contributed by atoms with E-state index in [-0.39, 0.29) is 11.3 Å². The van der Waals surface area contributed by atoms with Crippen molar-refractivity contribution in [2.75, 3.05) is 13.7 Å². The van der Waals surface area contributed by atoms with Gasteiger partial charge in [0.25, 0.3) is 0 Å². The fourth-order valence-corrected chi connectivity index (χ4v) is 4.12. The molecule has 3 nitrogen and oxygen atoms in total. The summed E-state index contributed by atoms with van der Waals surface area (Å²) in [6.07, 6.45) is 5.20. The number of hydrogen-bond donors (Lipinski definition) is 1. The van der Waals surface area contributed by atoms with Crippen molar-refractivity contribution in [1.82, 2.24) is 5.32 Å². The van der Waals surface area contributed by atoms with Gasteiger partial charge in [0.15, 0.2) is 0 Å². The molecule has 0 aromatic heterocycles. The molecule has 0 saturated heterocycles. The molecule has 1 N–H and O–H groups in total. The first-order chi connectivity index (χ1) is 12.2. The van der Waals surface area contributed by atoms with Crippen molar-refractivity contribution in [3.63, 3.8) is 0 Å². The predicted octanol–water partition coefficient (Wildman–Crippen LogP) is 3.96. The zero-order chi connectivity index (χ0) is 17.3. The molecule has 0 atom stereocenters. The van der Waals surface area contributed by atoms with Crippen molar-refractivity contribution in [3.8, 4) is 5.75 Å². The maximum Gasteiger partial charge on any atom is 0.230 e. The topological polar surface area (TPSA) is 38.3 Å². The van der Waals surface area contributed by atoms with Crippen LogP contribution < -0.4 is 10.1 Å². The number of rotatable bonds is 6. The number of para-hydroxylation sites is 1. The fourth-order valence-electron chi connectivity index (χ4n) is 4.12. The second kappa shape index (κ2) is 6.21. The Kier molecular flexibility index (Phi) is 4.03. The highest BCUT2D eigenvalue weighted by molar-refractivity contribution is 5.90. The van der Waals surface area contributed by atoms with Gasteiger partial charge in [0.2, 0.25) is 5.91 Å². The van der Waals surface area contributed by atoms with Gasteiger partial charge in [0, 0.05) is 17.5 Å². The molecule has 3 heteroatoms. The van der Waals surface area contributed by atoms with Crippen LogP contribution in [0.2, 0.25) is 0 Å². The van der Waals surface area contributed by atoms with Crippen LogP contribution in [0.3, 0.4) is 0 Å². The Hall–Kier alpha value is -2.29. The highest BCUT2D eigenvalue weighted by Gasteiger charge is 2.49. The van der Waals surface area contributed by atoms with E-state index in [0.717, 1.165) is 50.0 Å². The molecule has 0 aliphatic heterocycles. The second-order valence-corrected chi connectivity index (χ2v) is 7.46. The molecule has 0 heterocycles. The maximum atomic E-state index is 13.2. The smallest absolute Gasteiger partial charge is 0.230 e. The van der Waals surface area contributed by atoms with Crippen LogP contribution in [-0.2, 0) is 15.6 Å². The Balaban J connectivity index is 1.52. The molecule has 2 fully saturated rings. The van der Waals surface area contributed by atoms with Crippen molar-refractivity contribution in [3.05, 3.63) is 65.7 Å². The SMILES string of the molecule is COc1ccccc1C1(C(=O)NCC2(c3ccccc3)CC2)CCC1. The molecule has 2 aromatic rings. The molecule has 2 aliphatic rings. The van der Waals surface area contributed by atoms with E-state index < -0.39 is 5.41 Å². The standard InChI is InChI=1S/C22H25NO2/c1-25-19-11-6-5-10-18(19)22(12-7-13-22)20(24)23-16-21(14-15-21)17-8-3-2-4-9-17/h2-6,8-11H,7,12-16H2,1H3,(H,23,24). The van der Waals surface area contributed by atoms with Gasteiger partial charge in [-0.3, -0.25) is 4.79 Å². The first-order valence-electron chi connectivity index (χ1n) is 9.18. The number of ether oxygens (including phenoxy) is 1. The lowest BCUT2D eigenvalue weighted by atomic mass is 9.63. The van der Waals surface area contributed by atoms with Crippen LogP contribution in [0.15, 0.2) is 54.6 Å². The van der Waals surface area contributed by atoms with E-state index in [9.17, 15) is 4.79 Å². The quantitative estimate of drug-likeness (QED) is 0.867. The van der Waals surface area contributed by atoms with Gasteiger partial charge >= 0.3 is 0 Å². The largest absolute Gasteiger partial charge is 0.496 e. The molecule has 4 rings (SSSR count). The first-order valence-corrected chi connectivity index (χ1v) is 9.18. The molecule has 130 valence electrons. The molecule has 0 unspecified atom stereocenters. The van der Waals surface area contributed by atoms with Gasteiger partial charge in [-0.1, -0.05) is 55.0 Å². The van der Waals surface area contributed by atoms with E-state index in [1.807, 2.05) is 30.3 Å². The Morgan fingerprint density at radius 1 is 1.00 bits per heavy atom. The van der Waals surface area contributed by atoms with Crippen LogP contribution in [0.25, 0.3) is 0 Å². The number of methoxy groups -OCH3 is 1. The van der Waals surface area contributed by atoms with Gasteiger partial charge in [0.1, 0.15) is 5.75 Å². The zero-order valence-electron chi connectivity index (χ0n) is 14.8. The third kappa shape index (κ3) is 2.72. The summed E-state index contributed by atoms with van der Waals surface area (Å²) in [5, 5.41) is 3.28. The third-order valence-corrected chi connectivity index (χ3v) is 6.09. The van der Waals surface area contributed by atoms with E-state index in [2.05, 4.69) is 29.6 Å². The molecular formula is C22H25NO2. The van der Waals surface area contributed by atoms with E-state index in [4.69, 9.17) is 4.74 Å². The van der Waals surface area contributed by atoms with E-state index in [0.29, 0.717) is 0 Å². The van der Waals surface area contributed by atoms with Gasteiger partial charge in [-0.2, -0.15) is 0 Å². The normalized spacial score (nSPS) is 19.6. The number of amides is 1. The summed E-state index contributed by atoms with van der Waals surface area (Å²) in [6, 6.07) is 18.5. The molecular weight excluding hydrogens is 310 g/mol. The van der Waals surface area contributed by atoms with Gasteiger partial charge in [0.05, 0.1) is 12.5 Å². The summed E-state index contributed by atoms with van der Waals surface area (Å²) in [7, 11) is 1.68. The van der Waals surface area contributed by atoms with Crippen molar-refractivity contribution in [1.29, 1.82) is 0 Å². The summed E-state index contributed by atoms with van der Waals surface area (Å²) in [6.45, 7) is 0.729. The summed E-state index contributed by atoms with van der Waals surface area (Å²) in [5.74, 6) is 0.979.